The van der Waals surface area contributed by atoms with Crippen molar-refractivity contribution in [3.05, 3.63) is 33.3 Å². The molecule has 0 aliphatic carbocycles. The minimum atomic E-state index is -1.32. The van der Waals surface area contributed by atoms with Gasteiger partial charge in [-0.2, -0.15) is 0 Å². The molecule has 1 aromatic rings. The molecule has 0 spiro atoms. The number of carbonyl (C=O) groups is 2. The maximum absolute atomic E-state index is 11.5. The zero-order valence-corrected chi connectivity index (χ0v) is 9.80. The molecule has 4 nitrogen and oxygen atoms in total. The van der Waals surface area contributed by atoms with Crippen LogP contribution in [0, 0.1) is 0 Å². The van der Waals surface area contributed by atoms with Gasteiger partial charge in [-0.25, -0.2) is 9.59 Å². The Hall–Kier alpha value is -1.26. The molecule has 0 bridgehead atoms. The molecular weight excluding hydrogens is 255 g/mol. The van der Waals surface area contributed by atoms with E-state index in [1.165, 1.54) is 12.1 Å². The average Bonchev–Trinajstić information content (AvgIpc) is 2.20. The summed E-state index contributed by atoms with van der Waals surface area (Å²) in [5.41, 5.74) is -0.559. The van der Waals surface area contributed by atoms with Gasteiger partial charge in [0, 0.05) is 0 Å². The summed E-state index contributed by atoms with van der Waals surface area (Å²) >= 11 is 11.4. The number of esters is 1. The van der Waals surface area contributed by atoms with E-state index in [1.54, 1.807) is 6.92 Å². The zero-order valence-electron chi connectivity index (χ0n) is 8.29. The Morgan fingerprint density at radius 2 is 1.75 bits per heavy atom. The predicted octanol–water partition coefficient (Wildman–Crippen LogP) is 2.87. The number of ether oxygens (including phenoxy) is 1. The predicted molar refractivity (Wildman–Crippen MR) is 59.4 cm³/mol. The summed E-state index contributed by atoms with van der Waals surface area (Å²) in [5, 5.41) is 8.88. The lowest BCUT2D eigenvalue weighted by Crippen LogP contribution is -2.13. The normalized spacial score (nSPS) is 9.94. The van der Waals surface area contributed by atoms with Crippen LogP contribution in [0.3, 0.4) is 0 Å². The lowest BCUT2D eigenvalue weighted by molar-refractivity contribution is 0.0515. The fraction of sp³-hybridized carbons (Fsp3) is 0.200. The van der Waals surface area contributed by atoms with E-state index >= 15 is 0 Å². The molecule has 86 valence electrons. The minimum Gasteiger partial charge on any atom is -0.478 e. The van der Waals surface area contributed by atoms with Crippen molar-refractivity contribution in [3.8, 4) is 0 Å². The van der Waals surface area contributed by atoms with Crippen LogP contribution in [-0.4, -0.2) is 23.7 Å². The Morgan fingerprint density at radius 1 is 1.25 bits per heavy atom. The second-order valence-corrected chi connectivity index (χ2v) is 3.62. The Labute approximate surface area is 102 Å². The van der Waals surface area contributed by atoms with Crippen molar-refractivity contribution in [3.63, 3.8) is 0 Å². The average molecular weight is 263 g/mol. The summed E-state index contributed by atoms with van der Waals surface area (Å²) in [5.74, 6) is -2.12. The maximum Gasteiger partial charge on any atom is 0.340 e. The highest BCUT2D eigenvalue weighted by atomic mass is 35.5. The van der Waals surface area contributed by atoms with Gasteiger partial charge in [0.2, 0.25) is 0 Å². The second-order valence-electron chi connectivity index (χ2n) is 2.80. The Balaban J connectivity index is 3.40. The molecule has 0 heterocycles. The minimum absolute atomic E-state index is 0.000231. The van der Waals surface area contributed by atoms with E-state index in [0.717, 1.165) is 0 Å². The van der Waals surface area contributed by atoms with Crippen LogP contribution in [-0.2, 0) is 4.74 Å². The first-order valence-electron chi connectivity index (χ1n) is 4.37. The highest BCUT2D eigenvalue weighted by Crippen LogP contribution is 2.27. The number of hydrogen-bond donors (Lipinski definition) is 1. The monoisotopic (exact) mass is 262 g/mol. The maximum atomic E-state index is 11.5. The quantitative estimate of drug-likeness (QED) is 0.851. The summed E-state index contributed by atoms with van der Waals surface area (Å²) in [4.78, 5) is 22.5. The van der Waals surface area contributed by atoms with Crippen LogP contribution in [0.2, 0.25) is 10.0 Å². The molecule has 16 heavy (non-hydrogen) atoms. The molecule has 1 N–H and O–H groups in total. The number of rotatable bonds is 3. The van der Waals surface area contributed by atoms with E-state index in [2.05, 4.69) is 0 Å². The third-order valence-electron chi connectivity index (χ3n) is 1.80. The molecule has 0 aliphatic heterocycles. The third kappa shape index (κ3) is 2.46. The first-order valence-corrected chi connectivity index (χ1v) is 5.13. The van der Waals surface area contributed by atoms with Crippen LogP contribution < -0.4 is 0 Å². The van der Waals surface area contributed by atoms with Gasteiger partial charge in [-0.15, -0.1) is 0 Å². The van der Waals surface area contributed by atoms with Gasteiger partial charge in [-0.1, -0.05) is 23.2 Å². The molecule has 0 saturated carbocycles. The van der Waals surface area contributed by atoms with E-state index in [4.69, 9.17) is 33.0 Å². The number of benzene rings is 1. The topological polar surface area (TPSA) is 63.6 Å². The lowest BCUT2D eigenvalue weighted by atomic mass is 10.1. The number of halogens is 2. The molecule has 1 aromatic carbocycles. The fourth-order valence-electron chi connectivity index (χ4n) is 1.16. The van der Waals surface area contributed by atoms with Gasteiger partial charge in [-0.05, 0) is 19.1 Å². The summed E-state index contributed by atoms with van der Waals surface area (Å²) in [6, 6.07) is 2.67. The molecule has 0 atom stereocenters. The van der Waals surface area contributed by atoms with Crippen molar-refractivity contribution in [1.29, 1.82) is 0 Å². The van der Waals surface area contributed by atoms with Crippen LogP contribution in [0.1, 0.15) is 27.6 Å². The van der Waals surface area contributed by atoms with Gasteiger partial charge >= 0.3 is 11.9 Å². The first-order chi connectivity index (χ1) is 7.49. The van der Waals surface area contributed by atoms with Gasteiger partial charge in [0.05, 0.1) is 27.8 Å². The molecule has 0 amide bonds. The Morgan fingerprint density at radius 3 is 2.19 bits per heavy atom. The number of carbonyl (C=O) groups excluding carboxylic acids is 1. The van der Waals surface area contributed by atoms with Crippen molar-refractivity contribution in [2.75, 3.05) is 6.61 Å². The third-order valence-corrected chi connectivity index (χ3v) is 2.43. The van der Waals surface area contributed by atoms with E-state index in [9.17, 15) is 9.59 Å². The van der Waals surface area contributed by atoms with E-state index < -0.39 is 11.9 Å². The Bertz CT molecular complexity index is 443. The molecule has 0 aliphatic rings. The Kier molecular flexibility index (Phi) is 4.15. The smallest absolute Gasteiger partial charge is 0.340 e. The largest absolute Gasteiger partial charge is 0.478 e. The van der Waals surface area contributed by atoms with Gasteiger partial charge < -0.3 is 9.84 Å². The van der Waals surface area contributed by atoms with Gasteiger partial charge in [-0.3, -0.25) is 0 Å². The molecule has 0 aromatic heterocycles. The molecular formula is C10H8Cl2O4. The molecule has 0 unspecified atom stereocenters. The van der Waals surface area contributed by atoms with Crippen LogP contribution in [0.25, 0.3) is 0 Å². The number of hydrogen-bond acceptors (Lipinski definition) is 3. The van der Waals surface area contributed by atoms with Crippen molar-refractivity contribution in [1.82, 2.24) is 0 Å². The molecule has 1 rings (SSSR count). The van der Waals surface area contributed by atoms with E-state index in [-0.39, 0.29) is 27.8 Å². The number of carboxylic acids is 1. The molecule has 0 fully saturated rings. The molecule has 0 saturated heterocycles. The summed E-state index contributed by atoms with van der Waals surface area (Å²) < 4.78 is 4.71. The van der Waals surface area contributed by atoms with E-state index in [0.29, 0.717) is 0 Å². The zero-order chi connectivity index (χ0) is 12.3. The summed E-state index contributed by atoms with van der Waals surface area (Å²) in [7, 11) is 0. The highest BCUT2D eigenvalue weighted by Gasteiger charge is 2.24. The van der Waals surface area contributed by atoms with Crippen molar-refractivity contribution < 1.29 is 19.4 Å². The van der Waals surface area contributed by atoms with Crippen LogP contribution in [0.5, 0.6) is 0 Å². The van der Waals surface area contributed by atoms with Crippen molar-refractivity contribution >= 4 is 35.1 Å². The van der Waals surface area contributed by atoms with Crippen molar-refractivity contribution in [2.45, 2.75) is 6.92 Å². The number of aromatic carboxylic acids is 1. The van der Waals surface area contributed by atoms with Crippen molar-refractivity contribution in [2.24, 2.45) is 0 Å². The lowest BCUT2D eigenvalue weighted by Gasteiger charge is -2.08. The van der Waals surface area contributed by atoms with Gasteiger partial charge in [0.1, 0.15) is 0 Å². The standard InChI is InChI=1S/C10H8Cl2O4/c1-2-16-10(15)8-6(12)4-3-5(11)7(8)9(13)14/h3-4H,2H2,1H3,(H,13,14). The highest BCUT2D eigenvalue weighted by molar-refractivity contribution is 6.38. The van der Waals surface area contributed by atoms with Crippen LogP contribution in [0.4, 0.5) is 0 Å². The second kappa shape index (κ2) is 5.18. The first kappa shape index (κ1) is 12.8. The molecule has 0 radical (unpaired) electrons. The van der Waals surface area contributed by atoms with E-state index in [1.807, 2.05) is 0 Å². The van der Waals surface area contributed by atoms with Crippen LogP contribution >= 0.6 is 23.2 Å². The van der Waals surface area contributed by atoms with Crippen LogP contribution in [0.15, 0.2) is 12.1 Å². The SMILES string of the molecule is CCOC(=O)c1c(Cl)ccc(Cl)c1C(=O)O. The van der Waals surface area contributed by atoms with Gasteiger partial charge in [0.15, 0.2) is 0 Å². The summed E-state index contributed by atoms with van der Waals surface area (Å²) in [6.07, 6.45) is 0. The number of carboxylic acid groups (broad SMARTS) is 1. The fourth-order valence-corrected chi connectivity index (χ4v) is 1.64. The van der Waals surface area contributed by atoms with Gasteiger partial charge in [0.25, 0.3) is 0 Å². The molecule has 6 heteroatoms. The summed E-state index contributed by atoms with van der Waals surface area (Å²) in [6.45, 7) is 1.73.